The van der Waals surface area contributed by atoms with Crippen molar-refractivity contribution in [3.63, 3.8) is 0 Å². The molecule has 8 heteroatoms. The monoisotopic (exact) mass is 450 g/mol. The molecule has 4 rings (SSSR count). The number of amides is 2. The minimum atomic E-state index is -0.510. The van der Waals surface area contributed by atoms with Crippen molar-refractivity contribution >= 4 is 33.9 Å². The van der Waals surface area contributed by atoms with E-state index in [1.807, 2.05) is 12.3 Å². The first kappa shape index (κ1) is 22.0. The zero-order valence-electron chi connectivity index (χ0n) is 18.0. The van der Waals surface area contributed by atoms with Crippen LogP contribution in [0.1, 0.15) is 50.5 Å². The lowest BCUT2D eigenvalue weighted by Gasteiger charge is -2.22. The summed E-state index contributed by atoms with van der Waals surface area (Å²) in [5, 5.41) is 16.4. The molecular weight excluding hydrogens is 424 g/mol. The molecule has 1 aliphatic carbocycles. The van der Waals surface area contributed by atoms with E-state index in [1.165, 1.54) is 66.0 Å². The molecule has 32 heavy (non-hydrogen) atoms. The Morgan fingerprint density at radius 1 is 1.16 bits per heavy atom. The minimum Gasteiger partial charge on any atom is -0.302 e. The molecule has 166 valence electrons. The number of carbonyl (C=O) groups excluding carboxylic acids is 1. The van der Waals surface area contributed by atoms with Gasteiger partial charge in [0.05, 0.1) is 10.6 Å². The largest absolute Gasteiger partial charge is 0.328 e. The van der Waals surface area contributed by atoms with E-state index in [2.05, 4.69) is 34.6 Å². The fourth-order valence-corrected chi connectivity index (χ4v) is 5.07. The van der Waals surface area contributed by atoms with Crippen LogP contribution in [0.3, 0.4) is 0 Å². The molecule has 0 radical (unpaired) electrons. The second-order valence-corrected chi connectivity index (χ2v) is 8.76. The number of nitro groups is 1. The fourth-order valence-electron chi connectivity index (χ4n) is 4.17. The number of nitrogens with one attached hydrogen (secondary N) is 1. The SMILES string of the molecule is CCN(C(=O)Nc1ccccc1[N+](=O)[O-])c1nc(-c2ccc(C3CCCCC3)cc2)cs1. The predicted molar refractivity (Wildman–Crippen MR) is 129 cm³/mol. The molecular formula is C24H26N4O3S. The number of para-hydroxylation sites is 2. The first-order chi connectivity index (χ1) is 15.6. The summed E-state index contributed by atoms with van der Waals surface area (Å²) in [6.07, 6.45) is 6.49. The Morgan fingerprint density at radius 2 is 1.88 bits per heavy atom. The van der Waals surface area contributed by atoms with Crippen LogP contribution in [0.15, 0.2) is 53.9 Å². The average molecular weight is 451 g/mol. The first-order valence-electron chi connectivity index (χ1n) is 10.9. The maximum absolute atomic E-state index is 12.8. The lowest BCUT2D eigenvalue weighted by molar-refractivity contribution is -0.383. The van der Waals surface area contributed by atoms with Crippen molar-refractivity contribution in [1.82, 2.24) is 4.98 Å². The highest BCUT2D eigenvalue weighted by atomic mass is 32.1. The molecule has 1 N–H and O–H groups in total. The molecule has 1 saturated carbocycles. The lowest BCUT2D eigenvalue weighted by atomic mass is 9.84. The molecule has 2 amide bonds. The van der Waals surface area contributed by atoms with Gasteiger partial charge in [-0.25, -0.2) is 9.78 Å². The van der Waals surface area contributed by atoms with Crippen LogP contribution in [0.25, 0.3) is 11.3 Å². The Bertz CT molecular complexity index is 1090. The number of aromatic nitrogens is 1. The van der Waals surface area contributed by atoms with E-state index in [0.717, 1.165) is 11.3 Å². The molecule has 0 atom stereocenters. The van der Waals surface area contributed by atoms with Crippen LogP contribution < -0.4 is 10.2 Å². The van der Waals surface area contributed by atoms with Gasteiger partial charge in [0.25, 0.3) is 5.69 Å². The lowest BCUT2D eigenvalue weighted by Crippen LogP contribution is -2.34. The zero-order chi connectivity index (χ0) is 22.5. The second kappa shape index (κ2) is 9.91. The molecule has 1 fully saturated rings. The maximum Gasteiger partial charge on any atom is 0.328 e. The number of nitro benzene ring substituents is 1. The highest BCUT2D eigenvalue weighted by Gasteiger charge is 2.22. The van der Waals surface area contributed by atoms with E-state index in [4.69, 9.17) is 0 Å². The van der Waals surface area contributed by atoms with Crippen molar-refractivity contribution in [2.24, 2.45) is 0 Å². The molecule has 7 nitrogen and oxygen atoms in total. The van der Waals surface area contributed by atoms with Gasteiger partial charge in [-0.2, -0.15) is 0 Å². The van der Waals surface area contributed by atoms with Gasteiger partial charge in [-0.15, -0.1) is 11.3 Å². The molecule has 2 aromatic carbocycles. The van der Waals surface area contributed by atoms with Crippen molar-refractivity contribution in [1.29, 1.82) is 0 Å². The molecule has 3 aromatic rings. The van der Waals surface area contributed by atoms with E-state index < -0.39 is 11.0 Å². The number of hydrogen-bond donors (Lipinski definition) is 1. The molecule has 1 heterocycles. The molecule has 1 aromatic heterocycles. The Kier molecular flexibility index (Phi) is 6.80. The third kappa shape index (κ3) is 4.80. The van der Waals surface area contributed by atoms with E-state index in [1.54, 1.807) is 12.1 Å². The van der Waals surface area contributed by atoms with E-state index in [9.17, 15) is 14.9 Å². The maximum atomic E-state index is 12.8. The molecule has 0 saturated heterocycles. The molecule has 0 bridgehead atoms. The number of hydrogen-bond acceptors (Lipinski definition) is 5. The number of benzene rings is 2. The van der Waals surface area contributed by atoms with Crippen LogP contribution in [-0.4, -0.2) is 22.5 Å². The van der Waals surface area contributed by atoms with Crippen LogP contribution in [0, 0.1) is 10.1 Å². The van der Waals surface area contributed by atoms with Gasteiger partial charge in [0.15, 0.2) is 5.13 Å². The van der Waals surface area contributed by atoms with Gasteiger partial charge in [-0.05, 0) is 37.3 Å². The number of nitrogens with zero attached hydrogens (tertiary/aromatic N) is 3. The van der Waals surface area contributed by atoms with Crippen molar-refractivity contribution in [3.05, 3.63) is 69.6 Å². The topological polar surface area (TPSA) is 88.4 Å². The van der Waals surface area contributed by atoms with E-state index >= 15 is 0 Å². The second-order valence-electron chi connectivity index (χ2n) is 7.92. The number of thiazole rings is 1. The number of carbonyl (C=O) groups is 1. The normalized spacial score (nSPS) is 14.2. The molecule has 0 aliphatic heterocycles. The number of urea groups is 1. The van der Waals surface area contributed by atoms with Crippen LogP contribution >= 0.6 is 11.3 Å². The summed E-state index contributed by atoms with van der Waals surface area (Å²) in [7, 11) is 0. The highest BCUT2D eigenvalue weighted by Crippen LogP contribution is 2.34. The zero-order valence-corrected chi connectivity index (χ0v) is 18.8. The third-order valence-corrected chi connectivity index (χ3v) is 6.77. The van der Waals surface area contributed by atoms with E-state index in [-0.39, 0.29) is 11.4 Å². The minimum absolute atomic E-state index is 0.144. The van der Waals surface area contributed by atoms with Crippen molar-refractivity contribution in [2.75, 3.05) is 16.8 Å². The van der Waals surface area contributed by atoms with Gasteiger partial charge in [-0.1, -0.05) is 55.7 Å². The smallest absolute Gasteiger partial charge is 0.302 e. The Morgan fingerprint density at radius 3 is 2.56 bits per heavy atom. The third-order valence-electron chi connectivity index (χ3n) is 5.91. The van der Waals surface area contributed by atoms with Gasteiger partial charge >= 0.3 is 6.03 Å². The summed E-state index contributed by atoms with van der Waals surface area (Å²) in [4.78, 5) is 29.7. The quantitative estimate of drug-likeness (QED) is 0.329. The van der Waals surface area contributed by atoms with Crippen molar-refractivity contribution in [3.8, 4) is 11.3 Å². The summed E-state index contributed by atoms with van der Waals surface area (Å²) < 4.78 is 0. The standard InChI is InChI=1S/C24H26N4O3S/c1-2-27(23(29)25-20-10-6-7-11-22(20)28(30)31)24-26-21(16-32-24)19-14-12-18(13-15-19)17-8-4-3-5-9-17/h6-7,10-17H,2-5,8-9H2,1H3,(H,25,29). The van der Waals surface area contributed by atoms with Gasteiger partial charge in [0.2, 0.25) is 0 Å². The number of rotatable bonds is 6. The molecule has 0 unspecified atom stereocenters. The fraction of sp³-hybridized carbons (Fsp3) is 0.333. The summed E-state index contributed by atoms with van der Waals surface area (Å²) in [5.74, 6) is 0.658. The van der Waals surface area contributed by atoms with Crippen LogP contribution in [0.4, 0.5) is 21.3 Å². The van der Waals surface area contributed by atoms with Gasteiger partial charge in [-0.3, -0.25) is 15.0 Å². The predicted octanol–water partition coefficient (Wildman–Crippen LogP) is 6.82. The van der Waals surface area contributed by atoms with Gasteiger partial charge in [0.1, 0.15) is 5.69 Å². The van der Waals surface area contributed by atoms with Crippen molar-refractivity contribution in [2.45, 2.75) is 44.9 Å². The van der Waals surface area contributed by atoms with E-state index in [0.29, 0.717) is 17.6 Å². The van der Waals surface area contributed by atoms with Crippen LogP contribution in [0.5, 0.6) is 0 Å². The summed E-state index contributed by atoms with van der Waals surface area (Å²) >= 11 is 1.38. The Labute approximate surface area is 191 Å². The van der Waals surface area contributed by atoms with Crippen molar-refractivity contribution < 1.29 is 9.72 Å². The Balaban J connectivity index is 1.49. The number of anilines is 2. The average Bonchev–Trinajstić information content (AvgIpc) is 3.30. The Hall–Kier alpha value is -3.26. The summed E-state index contributed by atoms with van der Waals surface area (Å²) in [6, 6.07) is 14.3. The molecule has 1 aliphatic rings. The van der Waals surface area contributed by atoms with Crippen LogP contribution in [0.2, 0.25) is 0 Å². The molecule has 0 spiro atoms. The van der Waals surface area contributed by atoms with Gasteiger partial charge < -0.3 is 5.32 Å². The summed E-state index contributed by atoms with van der Waals surface area (Å²) in [6.45, 7) is 2.24. The van der Waals surface area contributed by atoms with Crippen LogP contribution in [-0.2, 0) is 0 Å². The van der Waals surface area contributed by atoms with Gasteiger partial charge in [0, 0.05) is 23.6 Å². The first-order valence-corrected chi connectivity index (χ1v) is 11.8. The summed E-state index contributed by atoms with van der Waals surface area (Å²) in [5.41, 5.74) is 3.24. The highest BCUT2D eigenvalue weighted by molar-refractivity contribution is 7.14.